The molecule has 2 heterocycles. The molecule has 0 unspecified atom stereocenters. The van der Waals surface area contributed by atoms with E-state index in [0.717, 1.165) is 6.54 Å². The lowest BCUT2D eigenvalue weighted by Crippen LogP contribution is -2.31. The van der Waals surface area contributed by atoms with Gasteiger partial charge in [-0.25, -0.2) is 0 Å². The van der Waals surface area contributed by atoms with Crippen LogP contribution in [0.2, 0.25) is 0 Å². The van der Waals surface area contributed by atoms with Gasteiger partial charge in [0.1, 0.15) is 0 Å². The van der Waals surface area contributed by atoms with Crippen molar-refractivity contribution in [2.45, 2.75) is 45.1 Å². The zero-order chi connectivity index (χ0) is 17.8. The minimum absolute atomic E-state index is 1.13. The van der Waals surface area contributed by atoms with Gasteiger partial charge in [0.15, 0.2) is 0 Å². The largest absolute Gasteiger partial charge is 0.347 e. The first-order valence-electron chi connectivity index (χ1n) is 10.1. The smallest absolute Gasteiger partial charge is 0.0483 e. The van der Waals surface area contributed by atoms with Crippen LogP contribution in [-0.2, 0) is 26.4 Å². The third-order valence-corrected chi connectivity index (χ3v) is 5.92. The summed E-state index contributed by atoms with van der Waals surface area (Å²) in [5, 5.41) is 1.46. The highest BCUT2D eigenvalue weighted by Gasteiger charge is 2.21. The number of hydrogen-bond acceptors (Lipinski definition) is 1. The van der Waals surface area contributed by atoms with Crippen molar-refractivity contribution in [1.82, 2.24) is 9.47 Å². The summed E-state index contributed by atoms with van der Waals surface area (Å²) in [5.74, 6) is 0. The molecule has 4 rings (SSSR count). The van der Waals surface area contributed by atoms with Crippen molar-refractivity contribution in [2.24, 2.45) is 7.05 Å². The normalized spacial score (nSPS) is 14.7. The van der Waals surface area contributed by atoms with E-state index in [1.165, 1.54) is 68.1 Å². The maximum Gasteiger partial charge on any atom is 0.0483 e. The van der Waals surface area contributed by atoms with Gasteiger partial charge in [0.05, 0.1) is 0 Å². The lowest BCUT2D eigenvalue weighted by atomic mass is 10.0. The molecule has 1 aliphatic rings. The van der Waals surface area contributed by atoms with E-state index in [1.807, 2.05) is 0 Å². The molecule has 0 bridgehead atoms. The molecule has 0 saturated heterocycles. The number of para-hydroxylation sites is 1. The molecular weight excluding hydrogens is 316 g/mol. The van der Waals surface area contributed by atoms with Crippen molar-refractivity contribution >= 4 is 10.9 Å². The molecule has 2 aromatic carbocycles. The van der Waals surface area contributed by atoms with Crippen LogP contribution in [0.4, 0.5) is 0 Å². The van der Waals surface area contributed by atoms with E-state index in [9.17, 15) is 0 Å². The van der Waals surface area contributed by atoms with Crippen LogP contribution in [0.3, 0.4) is 0 Å². The molecule has 1 aromatic heterocycles. The molecule has 0 radical (unpaired) electrons. The van der Waals surface area contributed by atoms with Crippen LogP contribution >= 0.6 is 0 Å². The maximum absolute atomic E-state index is 2.66. The predicted octanol–water partition coefficient (Wildman–Crippen LogP) is 5.34. The van der Waals surface area contributed by atoms with Gasteiger partial charge in [-0.2, -0.15) is 0 Å². The van der Waals surface area contributed by atoms with Crippen molar-refractivity contribution in [3.63, 3.8) is 0 Å². The first kappa shape index (κ1) is 17.4. The van der Waals surface area contributed by atoms with Gasteiger partial charge in [0, 0.05) is 43.2 Å². The molecule has 0 N–H and O–H groups in total. The van der Waals surface area contributed by atoms with Crippen molar-refractivity contribution in [2.75, 3.05) is 13.1 Å². The Morgan fingerprint density at radius 3 is 2.50 bits per heavy atom. The van der Waals surface area contributed by atoms with Gasteiger partial charge >= 0.3 is 0 Å². The molecule has 2 nitrogen and oxygen atoms in total. The van der Waals surface area contributed by atoms with Gasteiger partial charge in [-0.05, 0) is 43.0 Å². The fourth-order valence-corrected chi connectivity index (χ4v) is 4.44. The summed E-state index contributed by atoms with van der Waals surface area (Å²) in [5.41, 5.74) is 5.98. The molecule has 3 aromatic rings. The summed E-state index contributed by atoms with van der Waals surface area (Å²) in [6.45, 7) is 3.58. The maximum atomic E-state index is 2.66. The molecule has 0 fully saturated rings. The number of nitrogens with zero attached hydrogens (tertiary/aromatic N) is 2. The highest BCUT2D eigenvalue weighted by Crippen LogP contribution is 2.30. The molecule has 136 valence electrons. The average molecular weight is 347 g/mol. The Labute approximate surface area is 157 Å². The standard InChI is InChI=1S/C24H30N2/c1-25-23-15-9-8-14-21(23)22-19-26(18-16-24(22)25)17-10-3-2-5-11-20-12-6-4-7-13-20/h4,6-9,12-15H,2-3,5,10-11,16-19H2,1H3. The van der Waals surface area contributed by atoms with E-state index < -0.39 is 0 Å². The second kappa shape index (κ2) is 8.09. The Kier molecular flexibility index (Phi) is 5.40. The highest BCUT2D eigenvalue weighted by atomic mass is 15.1. The summed E-state index contributed by atoms with van der Waals surface area (Å²) < 4.78 is 2.41. The van der Waals surface area contributed by atoms with Crippen LogP contribution in [0.1, 0.15) is 42.5 Å². The lowest BCUT2D eigenvalue weighted by Gasteiger charge is -2.27. The van der Waals surface area contributed by atoms with E-state index >= 15 is 0 Å². The van der Waals surface area contributed by atoms with Crippen molar-refractivity contribution in [1.29, 1.82) is 0 Å². The SMILES string of the molecule is Cn1c2c(c3ccccc31)CN(CCCCCCc1ccccc1)CC2. The first-order chi connectivity index (χ1) is 12.8. The van der Waals surface area contributed by atoms with Gasteiger partial charge in [0.2, 0.25) is 0 Å². The Bertz CT molecular complexity index is 847. The molecule has 26 heavy (non-hydrogen) atoms. The minimum atomic E-state index is 1.13. The molecular formula is C24H30N2. The Morgan fingerprint density at radius 1 is 0.846 bits per heavy atom. The van der Waals surface area contributed by atoms with E-state index in [-0.39, 0.29) is 0 Å². The predicted molar refractivity (Wildman–Crippen MR) is 111 cm³/mol. The van der Waals surface area contributed by atoms with Crippen LogP contribution in [0.25, 0.3) is 10.9 Å². The molecule has 2 heteroatoms. The van der Waals surface area contributed by atoms with Crippen LogP contribution in [-0.4, -0.2) is 22.6 Å². The summed E-state index contributed by atoms with van der Waals surface area (Å²) in [4.78, 5) is 2.66. The molecule has 0 aliphatic carbocycles. The number of fused-ring (bicyclic) bond motifs is 3. The van der Waals surface area contributed by atoms with Crippen LogP contribution in [0, 0.1) is 0 Å². The molecule has 0 saturated carbocycles. The molecule has 1 aliphatic heterocycles. The molecule has 0 spiro atoms. The zero-order valence-electron chi connectivity index (χ0n) is 16.0. The quantitative estimate of drug-likeness (QED) is 0.524. The van der Waals surface area contributed by atoms with E-state index in [4.69, 9.17) is 0 Å². The van der Waals surface area contributed by atoms with Crippen molar-refractivity contribution < 1.29 is 0 Å². The Morgan fingerprint density at radius 2 is 1.62 bits per heavy atom. The summed E-state index contributed by atoms with van der Waals surface area (Å²) in [7, 11) is 2.23. The number of aromatic nitrogens is 1. The Balaban J connectivity index is 1.24. The van der Waals surface area contributed by atoms with Gasteiger partial charge in [-0.1, -0.05) is 61.4 Å². The number of benzene rings is 2. The third kappa shape index (κ3) is 3.71. The summed E-state index contributed by atoms with van der Waals surface area (Å²) in [6, 6.07) is 19.8. The average Bonchev–Trinajstić information content (AvgIpc) is 2.98. The highest BCUT2D eigenvalue weighted by molar-refractivity contribution is 5.85. The Hall–Kier alpha value is -2.06. The van der Waals surface area contributed by atoms with E-state index in [1.54, 1.807) is 11.3 Å². The van der Waals surface area contributed by atoms with Crippen LogP contribution in [0.15, 0.2) is 54.6 Å². The van der Waals surface area contributed by atoms with Crippen LogP contribution in [0.5, 0.6) is 0 Å². The van der Waals surface area contributed by atoms with Gasteiger partial charge in [0.25, 0.3) is 0 Å². The second-order valence-electron chi connectivity index (χ2n) is 7.68. The summed E-state index contributed by atoms with van der Waals surface area (Å²) in [6.07, 6.45) is 7.76. The van der Waals surface area contributed by atoms with Crippen molar-refractivity contribution in [3.05, 3.63) is 71.4 Å². The monoisotopic (exact) mass is 346 g/mol. The molecule has 0 amide bonds. The first-order valence-corrected chi connectivity index (χ1v) is 10.1. The van der Waals surface area contributed by atoms with E-state index in [0.29, 0.717) is 0 Å². The topological polar surface area (TPSA) is 8.17 Å². The number of unbranched alkanes of at least 4 members (excludes halogenated alkanes) is 3. The number of rotatable bonds is 7. The summed E-state index contributed by atoms with van der Waals surface area (Å²) >= 11 is 0. The third-order valence-electron chi connectivity index (χ3n) is 5.92. The minimum Gasteiger partial charge on any atom is -0.347 e. The fourth-order valence-electron chi connectivity index (χ4n) is 4.44. The fraction of sp³-hybridized carbons (Fsp3) is 0.417. The van der Waals surface area contributed by atoms with Gasteiger partial charge in [-0.3, -0.25) is 4.90 Å². The molecule has 0 atom stereocenters. The second-order valence-corrected chi connectivity index (χ2v) is 7.68. The lowest BCUT2D eigenvalue weighted by molar-refractivity contribution is 0.246. The van der Waals surface area contributed by atoms with E-state index in [2.05, 4.69) is 71.1 Å². The van der Waals surface area contributed by atoms with Gasteiger partial charge in [-0.15, -0.1) is 0 Å². The number of hydrogen-bond donors (Lipinski definition) is 0. The number of aryl methyl sites for hydroxylation is 2. The van der Waals surface area contributed by atoms with Gasteiger partial charge < -0.3 is 4.57 Å². The zero-order valence-corrected chi connectivity index (χ0v) is 16.0. The van der Waals surface area contributed by atoms with Crippen LogP contribution < -0.4 is 0 Å². The van der Waals surface area contributed by atoms with Crippen molar-refractivity contribution in [3.8, 4) is 0 Å².